The third-order valence-electron chi connectivity index (χ3n) is 9.29. The molecule has 0 aliphatic heterocycles. The summed E-state index contributed by atoms with van der Waals surface area (Å²) in [6.07, 6.45) is 0. The molecule has 0 N–H and O–H groups in total. The number of hydrogen-bond acceptors (Lipinski definition) is 2. The van der Waals surface area contributed by atoms with Gasteiger partial charge >= 0.3 is 0 Å². The molecule has 0 amide bonds. The van der Waals surface area contributed by atoms with Gasteiger partial charge in [0.2, 0.25) is 0 Å². The predicted octanol–water partition coefficient (Wildman–Crippen LogP) is 13.2. The van der Waals surface area contributed by atoms with Crippen molar-refractivity contribution < 1.29 is 4.42 Å². The Hall–Kier alpha value is -6.38. The van der Waals surface area contributed by atoms with Gasteiger partial charge in [-0.1, -0.05) is 140 Å². The molecule has 9 aromatic rings. The number of hydrogen-bond donors (Lipinski definition) is 0. The molecule has 0 aliphatic carbocycles. The van der Waals surface area contributed by atoms with Crippen LogP contribution in [0.1, 0.15) is 0 Å². The zero-order valence-electron chi connectivity index (χ0n) is 26.3. The lowest BCUT2D eigenvalue weighted by Crippen LogP contribution is -2.09. The molecule has 48 heavy (non-hydrogen) atoms. The quantitative estimate of drug-likeness (QED) is 0.185. The largest absolute Gasteiger partial charge is 0.455 e. The third-order valence-corrected chi connectivity index (χ3v) is 9.29. The highest BCUT2D eigenvalue weighted by Gasteiger charge is 2.16. The molecule has 0 fully saturated rings. The number of benzene rings is 8. The van der Waals surface area contributed by atoms with Crippen molar-refractivity contribution in [3.05, 3.63) is 188 Å². The fraction of sp³-hybridized carbons (Fsp3) is 0. The van der Waals surface area contributed by atoms with E-state index in [-0.39, 0.29) is 0 Å². The van der Waals surface area contributed by atoms with Crippen molar-refractivity contribution in [3.8, 4) is 33.4 Å². The summed E-state index contributed by atoms with van der Waals surface area (Å²) < 4.78 is 6.46. The standard InChI is InChI=1S/C46H31NO/c1-3-10-32(11-4-1)33-18-20-34(21-19-33)35-22-27-39(28-23-35)47(38-13-5-2-6-14-38)40-29-24-36(25-30-40)41-16-9-12-37-26-31-43-42-15-7-8-17-44(42)48-46(43)45(37)41/h1-31H. The Morgan fingerprint density at radius 1 is 0.333 bits per heavy atom. The Labute approximate surface area is 279 Å². The highest BCUT2D eigenvalue weighted by molar-refractivity contribution is 6.18. The van der Waals surface area contributed by atoms with Gasteiger partial charge in [-0.05, 0) is 87.3 Å². The topological polar surface area (TPSA) is 16.4 Å². The molecule has 0 saturated carbocycles. The Morgan fingerprint density at radius 3 is 1.52 bits per heavy atom. The fourth-order valence-electron chi connectivity index (χ4n) is 6.90. The minimum atomic E-state index is 0.916. The van der Waals surface area contributed by atoms with Crippen LogP contribution in [0.4, 0.5) is 17.1 Å². The van der Waals surface area contributed by atoms with Crippen LogP contribution >= 0.6 is 0 Å². The average molecular weight is 614 g/mol. The average Bonchev–Trinajstić information content (AvgIpc) is 3.55. The SMILES string of the molecule is c1ccc(-c2ccc(-c3ccc(N(c4ccccc4)c4ccc(-c5cccc6ccc7c8ccccc8oc7c56)cc4)cc3)cc2)cc1. The maximum Gasteiger partial charge on any atom is 0.143 e. The van der Waals surface area contributed by atoms with Gasteiger partial charge in [0.15, 0.2) is 0 Å². The van der Waals surface area contributed by atoms with Crippen molar-refractivity contribution in [1.29, 1.82) is 0 Å². The van der Waals surface area contributed by atoms with Crippen LogP contribution in [0.5, 0.6) is 0 Å². The third kappa shape index (κ3) is 4.92. The van der Waals surface area contributed by atoms with Gasteiger partial charge in [0.25, 0.3) is 0 Å². The Morgan fingerprint density at radius 2 is 0.854 bits per heavy atom. The first-order valence-electron chi connectivity index (χ1n) is 16.3. The van der Waals surface area contributed by atoms with E-state index in [1.807, 2.05) is 12.1 Å². The predicted molar refractivity (Wildman–Crippen MR) is 202 cm³/mol. The van der Waals surface area contributed by atoms with E-state index in [1.165, 1.54) is 27.6 Å². The number of furan rings is 1. The minimum absolute atomic E-state index is 0.916. The molecule has 0 aliphatic rings. The van der Waals surface area contributed by atoms with Crippen LogP contribution in [0.25, 0.3) is 66.1 Å². The Bertz CT molecular complexity index is 2510. The highest BCUT2D eigenvalue weighted by atomic mass is 16.3. The minimum Gasteiger partial charge on any atom is -0.455 e. The van der Waals surface area contributed by atoms with E-state index in [0.717, 1.165) is 55.5 Å². The van der Waals surface area contributed by atoms with E-state index in [4.69, 9.17) is 4.42 Å². The van der Waals surface area contributed by atoms with Gasteiger partial charge in [-0.3, -0.25) is 0 Å². The van der Waals surface area contributed by atoms with Crippen molar-refractivity contribution in [2.75, 3.05) is 4.90 Å². The van der Waals surface area contributed by atoms with Crippen LogP contribution in [0, 0.1) is 0 Å². The van der Waals surface area contributed by atoms with Crippen molar-refractivity contribution in [3.63, 3.8) is 0 Å². The second-order valence-electron chi connectivity index (χ2n) is 12.2. The van der Waals surface area contributed by atoms with Crippen LogP contribution in [-0.2, 0) is 0 Å². The lowest BCUT2D eigenvalue weighted by Gasteiger charge is -2.26. The summed E-state index contributed by atoms with van der Waals surface area (Å²) in [6.45, 7) is 0. The van der Waals surface area contributed by atoms with Crippen LogP contribution < -0.4 is 4.90 Å². The first-order valence-corrected chi connectivity index (χ1v) is 16.3. The first kappa shape index (κ1) is 27.9. The lowest BCUT2D eigenvalue weighted by atomic mass is 9.96. The van der Waals surface area contributed by atoms with Crippen LogP contribution in [0.2, 0.25) is 0 Å². The molecule has 0 radical (unpaired) electrons. The molecule has 0 atom stereocenters. The summed E-state index contributed by atoms with van der Waals surface area (Å²) >= 11 is 0. The second-order valence-corrected chi connectivity index (χ2v) is 12.2. The Balaban J connectivity index is 1.08. The number of para-hydroxylation sites is 2. The number of nitrogens with zero attached hydrogens (tertiary/aromatic N) is 1. The molecule has 9 rings (SSSR count). The summed E-state index contributed by atoms with van der Waals surface area (Å²) in [6, 6.07) is 66.8. The molecule has 2 nitrogen and oxygen atoms in total. The molecule has 226 valence electrons. The van der Waals surface area contributed by atoms with Gasteiger partial charge in [0, 0.05) is 33.2 Å². The molecule has 1 aromatic heterocycles. The molecular formula is C46H31NO. The summed E-state index contributed by atoms with van der Waals surface area (Å²) in [5.41, 5.74) is 12.3. The molecule has 8 aromatic carbocycles. The zero-order valence-corrected chi connectivity index (χ0v) is 26.3. The summed E-state index contributed by atoms with van der Waals surface area (Å²) in [5.74, 6) is 0. The molecule has 1 heterocycles. The maximum atomic E-state index is 6.46. The summed E-state index contributed by atoms with van der Waals surface area (Å²) in [4.78, 5) is 2.31. The van der Waals surface area contributed by atoms with Gasteiger partial charge in [0.05, 0.1) is 0 Å². The number of fused-ring (bicyclic) bond motifs is 5. The molecule has 0 spiro atoms. The van der Waals surface area contributed by atoms with Crippen LogP contribution in [0.3, 0.4) is 0 Å². The molecule has 2 heteroatoms. The van der Waals surface area contributed by atoms with Gasteiger partial charge in [0.1, 0.15) is 11.2 Å². The highest BCUT2D eigenvalue weighted by Crippen LogP contribution is 2.41. The first-order chi connectivity index (χ1) is 23.8. The number of rotatable bonds is 6. The lowest BCUT2D eigenvalue weighted by molar-refractivity contribution is 0.673. The van der Waals surface area contributed by atoms with E-state index in [2.05, 4.69) is 181 Å². The summed E-state index contributed by atoms with van der Waals surface area (Å²) in [5, 5.41) is 4.61. The van der Waals surface area contributed by atoms with Gasteiger partial charge < -0.3 is 9.32 Å². The van der Waals surface area contributed by atoms with Gasteiger partial charge in [-0.25, -0.2) is 0 Å². The zero-order chi connectivity index (χ0) is 31.9. The maximum absolute atomic E-state index is 6.46. The van der Waals surface area contributed by atoms with Crippen molar-refractivity contribution in [1.82, 2.24) is 0 Å². The fourth-order valence-corrected chi connectivity index (χ4v) is 6.90. The number of anilines is 3. The van der Waals surface area contributed by atoms with E-state index >= 15 is 0 Å². The molecule has 0 bridgehead atoms. The monoisotopic (exact) mass is 613 g/mol. The summed E-state index contributed by atoms with van der Waals surface area (Å²) in [7, 11) is 0. The molecule has 0 saturated heterocycles. The van der Waals surface area contributed by atoms with E-state index in [1.54, 1.807) is 0 Å². The van der Waals surface area contributed by atoms with Gasteiger partial charge in [-0.2, -0.15) is 0 Å². The van der Waals surface area contributed by atoms with Crippen molar-refractivity contribution in [2.24, 2.45) is 0 Å². The van der Waals surface area contributed by atoms with Crippen LogP contribution in [0.15, 0.2) is 192 Å². The second kappa shape index (κ2) is 11.8. The smallest absolute Gasteiger partial charge is 0.143 e. The van der Waals surface area contributed by atoms with Gasteiger partial charge in [-0.15, -0.1) is 0 Å². The molecular weight excluding hydrogens is 583 g/mol. The van der Waals surface area contributed by atoms with Crippen molar-refractivity contribution in [2.45, 2.75) is 0 Å². The normalized spacial score (nSPS) is 11.3. The molecule has 0 unspecified atom stereocenters. The van der Waals surface area contributed by atoms with E-state index < -0.39 is 0 Å². The van der Waals surface area contributed by atoms with Crippen molar-refractivity contribution >= 4 is 49.8 Å². The van der Waals surface area contributed by atoms with E-state index in [9.17, 15) is 0 Å². The van der Waals surface area contributed by atoms with E-state index in [0.29, 0.717) is 0 Å². The van der Waals surface area contributed by atoms with Crippen LogP contribution in [-0.4, -0.2) is 0 Å². The Kier molecular flexibility index (Phi) is 6.84.